The minimum Gasteiger partial charge on any atom is -0.497 e. The number of amides is 2. The summed E-state index contributed by atoms with van der Waals surface area (Å²) in [7, 11) is 5.62. The predicted molar refractivity (Wildman–Crippen MR) is 162 cm³/mol. The molecule has 0 aliphatic rings. The number of carbonyl (C=O) groups excluding carboxylic acids is 2. The highest BCUT2D eigenvalue weighted by Gasteiger charge is 2.23. The van der Waals surface area contributed by atoms with E-state index in [0.29, 0.717) is 37.4 Å². The lowest BCUT2D eigenvalue weighted by atomic mass is 10.1. The van der Waals surface area contributed by atoms with Gasteiger partial charge in [-0.25, -0.2) is 0 Å². The van der Waals surface area contributed by atoms with Gasteiger partial charge < -0.3 is 24.4 Å². The molecule has 7 heteroatoms. The van der Waals surface area contributed by atoms with Gasteiger partial charge >= 0.3 is 0 Å². The quantitative estimate of drug-likeness (QED) is 0.234. The highest BCUT2D eigenvalue weighted by Crippen LogP contribution is 2.20. The number of ether oxygens (including phenoxy) is 1. The Labute approximate surface area is 237 Å². The van der Waals surface area contributed by atoms with Crippen LogP contribution in [0.2, 0.25) is 0 Å². The predicted octanol–water partition coefficient (Wildman–Crippen LogP) is 5.76. The van der Waals surface area contributed by atoms with E-state index in [0.717, 1.165) is 29.6 Å². The summed E-state index contributed by atoms with van der Waals surface area (Å²) in [6.45, 7) is 3.68. The van der Waals surface area contributed by atoms with Crippen LogP contribution in [0.5, 0.6) is 5.75 Å². The number of nitrogens with one attached hydrogen (secondary N) is 1. The van der Waals surface area contributed by atoms with E-state index in [1.807, 2.05) is 37.3 Å². The Morgan fingerprint density at radius 3 is 2.27 bits per heavy atom. The summed E-state index contributed by atoms with van der Waals surface area (Å²) in [5, 5.41) is 1.17. The van der Waals surface area contributed by atoms with Crippen LogP contribution in [0.3, 0.4) is 0 Å². The number of hydrogen-bond acceptors (Lipinski definition) is 4. The second kappa shape index (κ2) is 13.7. The monoisotopic (exact) mass is 540 g/mol. The molecule has 3 aromatic carbocycles. The first-order valence-corrected chi connectivity index (χ1v) is 13.9. The van der Waals surface area contributed by atoms with Crippen LogP contribution < -0.4 is 9.64 Å². The Morgan fingerprint density at radius 2 is 1.60 bits per heavy atom. The van der Waals surface area contributed by atoms with Crippen molar-refractivity contribution in [1.82, 2.24) is 14.8 Å². The van der Waals surface area contributed by atoms with Gasteiger partial charge in [-0.05, 0) is 66.4 Å². The molecular formula is C33H40N4O3. The van der Waals surface area contributed by atoms with Crippen molar-refractivity contribution in [3.8, 4) is 5.75 Å². The molecule has 0 aliphatic heterocycles. The van der Waals surface area contributed by atoms with Crippen LogP contribution in [-0.2, 0) is 17.8 Å². The number of fused-ring (bicyclic) bond motifs is 1. The van der Waals surface area contributed by atoms with Crippen LogP contribution in [0.1, 0.15) is 41.3 Å². The number of hydrogen-bond donors (Lipinski definition) is 1. The SMILES string of the molecule is CCCCN(CC(=O)N(CCc1c[nH]c2ccccc12)Cc1ccc(N(C)C)cc1)C(=O)c1ccc(OC)cc1. The number of rotatable bonds is 13. The molecule has 0 bridgehead atoms. The van der Waals surface area contributed by atoms with Gasteiger partial charge in [-0.1, -0.05) is 43.7 Å². The van der Waals surface area contributed by atoms with Crippen molar-refractivity contribution in [2.45, 2.75) is 32.7 Å². The number of unbranched alkanes of at least 4 members (excludes halogenated alkanes) is 1. The van der Waals surface area contributed by atoms with Crippen LogP contribution >= 0.6 is 0 Å². The number of aromatic nitrogens is 1. The summed E-state index contributed by atoms with van der Waals surface area (Å²) in [6, 6.07) is 23.5. The van der Waals surface area contributed by atoms with Crippen molar-refractivity contribution in [2.75, 3.05) is 45.7 Å². The average molecular weight is 541 g/mol. The largest absolute Gasteiger partial charge is 0.497 e. The molecule has 210 valence electrons. The fourth-order valence-corrected chi connectivity index (χ4v) is 4.79. The molecular weight excluding hydrogens is 500 g/mol. The Balaban J connectivity index is 1.54. The van der Waals surface area contributed by atoms with Gasteiger partial charge in [-0.15, -0.1) is 0 Å². The summed E-state index contributed by atoms with van der Waals surface area (Å²) >= 11 is 0. The molecule has 0 unspecified atom stereocenters. The number of nitrogens with zero attached hydrogens (tertiary/aromatic N) is 3. The first-order chi connectivity index (χ1) is 19.4. The second-order valence-electron chi connectivity index (χ2n) is 10.3. The van der Waals surface area contributed by atoms with E-state index in [2.05, 4.69) is 53.2 Å². The number of anilines is 1. The summed E-state index contributed by atoms with van der Waals surface area (Å²) in [6.07, 6.45) is 4.51. The van der Waals surface area contributed by atoms with E-state index >= 15 is 0 Å². The zero-order chi connectivity index (χ0) is 28.5. The number of carbonyl (C=O) groups is 2. The van der Waals surface area contributed by atoms with E-state index in [4.69, 9.17) is 4.74 Å². The molecule has 0 saturated heterocycles. The third-order valence-corrected chi connectivity index (χ3v) is 7.24. The fraction of sp³-hybridized carbons (Fsp3) is 0.333. The zero-order valence-corrected chi connectivity index (χ0v) is 24.0. The van der Waals surface area contributed by atoms with Gasteiger partial charge in [0.25, 0.3) is 5.91 Å². The molecule has 40 heavy (non-hydrogen) atoms. The van der Waals surface area contributed by atoms with E-state index in [1.54, 1.807) is 36.3 Å². The molecule has 4 rings (SSSR count). The molecule has 0 fully saturated rings. The number of aromatic amines is 1. The smallest absolute Gasteiger partial charge is 0.254 e. The second-order valence-corrected chi connectivity index (χ2v) is 10.3. The van der Waals surface area contributed by atoms with Gasteiger partial charge in [-0.2, -0.15) is 0 Å². The Kier molecular flexibility index (Phi) is 9.84. The van der Waals surface area contributed by atoms with Gasteiger partial charge in [0.2, 0.25) is 5.91 Å². The van der Waals surface area contributed by atoms with Crippen LogP contribution in [-0.4, -0.2) is 67.4 Å². The maximum Gasteiger partial charge on any atom is 0.254 e. The first kappa shape index (κ1) is 28.7. The van der Waals surface area contributed by atoms with Gasteiger partial charge in [0.15, 0.2) is 0 Å². The van der Waals surface area contributed by atoms with Crippen molar-refractivity contribution in [2.24, 2.45) is 0 Å². The normalized spacial score (nSPS) is 10.9. The number of H-pyrrole nitrogens is 1. The van der Waals surface area contributed by atoms with Crippen LogP contribution in [0.4, 0.5) is 5.69 Å². The molecule has 1 aromatic heterocycles. The molecule has 0 spiro atoms. The highest BCUT2D eigenvalue weighted by atomic mass is 16.5. The summed E-state index contributed by atoms with van der Waals surface area (Å²) in [4.78, 5) is 36.3. The summed E-state index contributed by atoms with van der Waals surface area (Å²) in [5.74, 6) is 0.488. The Hall–Kier alpha value is -4.26. The fourth-order valence-electron chi connectivity index (χ4n) is 4.79. The van der Waals surface area contributed by atoms with Crippen molar-refractivity contribution in [1.29, 1.82) is 0 Å². The van der Waals surface area contributed by atoms with Crippen LogP contribution in [0.15, 0.2) is 79.0 Å². The molecule has 0 atom stereocenters. The topological polar surface area (TPSA) is 68.9 Å². The highest BCUT2D eigenvalue weighted by molar-refractivity contribution is 5.96. The molecule has 0 radical (unpaired) electrons. The van der Waals surface area contributed by atoms with E-state index in [-0.39, 0.29) is 18.4 Å². The number of para-hydroxylation sites is 1. The van der Waals surface area contributed by atoms with Gasteiger partial charge in [-0.3, -0.25) is 9.59 Å². The van der Waals surface area contributed by atoms with Crippen LogP contribution in [0.25, 0.3) is 10.9 Å². The maximum atomic E-state index is 13.9. The molecule has 0 saturated carbocycles. The number of methoxy groups -OCH3 is 1. The van der Waals surface area contributed by atoms with Gasteiger partial charge in [0.1, 0.15) is 12.3 Å². The molecule has 7 nitrogen and oxygen atoms in total. The lowest BCUT2D eigenvalue weighted by Gasteiger charge is -2.28. The Bertz CT molecular complexity index is 1390. The summed E-state index contributed by atoms with van der Waals surface area (Å²) < 4.78 is 5.24. The van der Waals surface area contributed by atoms with Gasteiger partial charge in [0, 0.05) is 62.1 Å². The third-order valence-electron chi connectivity index (χ3n) is 7.24. The summed E-state index contributed by atoms with van der Waals surface area (Å²) in [5.41, 5.74) is 4.98. The zero-order valence-electron chi connectivity index (χ0n) is 24.0. The van der Waals surface area contributed by atoms with Crippen LogP contribution in [0, 0.1) is 0 Å². The Morgan fingerprint density at radius 1 is 0.875 bits per heavy atom. The van der Waals surface area contributed by atoms with Crippen molar-refractivity contribution < 1.29 is 14.3 Å². The molecule has 2 amide bonds. The van der Waals surface area contributed by atoms with Crippen molar-refractivity contribution in [3.63, 3.8) is 0 Å². The lowest BCUT2D eigenvalue weighted by molar-refractivity contribution is -0.132. The minimum absolute atomic E-state index is 0.0362. The van der Waals surface area contributed by atoms with Gasteiger partial charge in [0.05, 0.1) is 7.11 Å². The molecule has 4 aromatic rings. The lowest BCUT2D eigenvalue weighted by Crippen LogP contribution is -2.43. The standard InChI is InChI=1S/C33H40N4O3/c1-5-6-20-37(33(39)26-13-17-29(40-4)18-14-26)24-32(38)36(23-25-11-15-28(16-12-25)35(2)3)21-19-27-22-34-31-10-8-7-9-30(27)31/h7-18,22,34H,5-6,19-21,23-24H2,1-4H3. The molecule has 1 N–H and O–H groups in total. The average Bonchev–Trinajstić information content (AvgIpc) is 3.40. The molecule has 0 aliphatic carbocycles. The third kappa shape index (κ3) is 7.23. The molecule has 1 heterocycles. The van der Waals surface area contributed by atoms with E-state index in [1.165, 1.54) is 10.9 Å². The number of benzene rings is 3. The first-order valence-electron chi connectivity index (χ1n) is 13.9. The van der Waals surface area contributed by atoms with Crippen molar-refractivity contribution in [3.05, 3.63) is 95.7 Å². The van der Waals surface area contributed by atoms with E-state index < -0.39 is 0 Å². The van der Waals surface area contributed by atoms with E-state index in [9.17, 15) is 9.59 Å². The minimum atomic E-state index is -0.142. The van der Waals surface area contributed by atoms with Crippen molar-refractivity contribution >= 4 is 28.4 Å². The maximum absolute atomic E-state index is 13.9.